The molecule has 4 aromatic rings. The molecule has 0 radical (unpaired) electrons. The van der Waals surface area contributed by atoms with Crippen LogP contribution in [0, 0.1) is 6.92 Å². The normalized spacial score (nSPS) is 16.5. The number of nitrogens with one attached hydrogen (secondary N) is 3. The minimum Gasteiger partial charge on any atom is -0.350 e. The molecular weight excluding hydrogens is 506 g/mol. The summed E-state index contributed by atoms with van der Waals surface area (Å²) in [6.45, 7) is 3.38. The first-order valence-corrected chi connectivity index (χ1v) is 14.6. The van der Waals surface area contributed by atoms with Gasteiger partial charge in [0.2, 0.25) is 5.91 Å². The molecule has 5 rings (SSSR count). The van der Waals surface area contributed by atoms with Crippen LogP contribution in [-0.4, -0.2) is 30.4 Å². The zero-order valence-electron chi connectivity index (χ0n) is 23.7. The summed E-state index contributed by atoms with van der Waals surface area (Å²) in [5, 5.41) is 9.69. The van der Waals surface area contributed by atoms with Crippen molar-refractivity contribution >= 4 is 11.8 Å². The maximum Gasteiger partial charge on any atom is 0.251 e. The molecule has 5 heteroatoms. The summed E-state index contributed by atoms with van der Waals surface area (Å²) in [5.41, 5.74) is 6.30. The topological polar surface area (TPSA) is 70.2 Å². The molecule has 1 unspecified atom stereocenters. The minimum absolute atomic E-state index is 0.154. The van der Waals surface area contributed by atoms with Gasteiger partial charge in [-0.15, -0.1) is 0 Å². The molecule has 1 saturated carbocycles. The van der Waals surface area contributed by atoms with Gasteiger partial charge in [-0.05, 0) is 73.5 Å². The highest BCUT2D eigenvalue weighted by atomic mass is 16.2. The van der Waals surface area contributed by atoms with E-state index in [-0.39, 0.29) is 11.8 Å². The smallest absolute Gasteiger partial charge is 0.251 e. The Morgan fingerprint density at radius 2 is 1.44 bits per heavy atom. The second-order valence-electron chi connectivity index (χ2n) is 11.0. The molecule has 4 aromatic carbocycles. The standard InChI is InChI=1S/C36H39N3O2/c1-26-15-17-27(18-16-26)25-38-36(41)33(14-8-9-23-37-34-24-32(34)30-12-6-3-7-13-30)39-35(40)31-21-19-29(20-22-31)28-10-4-2-5-11-28/h2-7,10-13,15-22,32-34,37H,8-9,14,23-25H2,1H3,(H,38,41)(H,39,40)/t32-,33?,34+/m0/s1. The number of hydrogen-bond donors (Lipinski definition) is 3. The first kappa shape index (κ1) is 28.3. The Morgan fingerprint density at radius 3 is 2.15 bits per heavy atom. The van der Waals surface area contributed by atoms with Crippen LogP contribution < -0.4 is 16.0 Å². The van der Waals surface area contributed by atoms with Crippen LogP contribution in [0.4, 0.5) is 0 Å². The molecule has 0 aromatic heterocycles. The Kier molecular flexibility index (Phi) is 9.61. The van der Waals surface area contributed by atoms with Gasteiger partial charge in [0.15, 0.2) is 0 Å². The summed E-state index contributed by atoms with van der Waals surface area (Å²) in [7, 11) is 0. The van der Waals surface area contributed by atoms with Gasteiger partial charge in [0.05, 0.1) is 0 Å². The molecule has 1 fully saturated rings. The summed E-state index contributed by atoms with van der Waals surface area (Å²) < 4.78 is 0. The lowest BCUT2D eigenvalue weighted by atomic mass is 10.0. The van der Waals surface area contributed by atoms with Gasteiger partial charge in [-0.3, -0.25) is 9.59 Å². The van der Waals surface area contributed by atoms with Crippen molar-refractivity contribution < 1.29 is 9.59 Å². The van der Waals surface area contributed by atoms with Gasteiger partial charge in [0.1, 0.15) is 6.04 Å². The molecule has 0 bridgehead atoms. The molecule has 3 N–H and O–H groups in total. The highest BCUT2D eigenvalue weighted by molar-refractivity contribution is 5.97. The van der Waals surface area contributed by atoms with Crippen molar-refractivity contribution in [1.29, 1.82) is 0 Å². The van der Waals surface area contributed by atoms with Crippen LogP contribution in [-0.2, 0) is 11.3 Å². The number of carbonyl (C=O) groups is 2. The third kappa shape index (κ3) is 8.15. The summed E-state index contributed by atoms with van der Waals surface area (Å²) in [6.07, 6.45) is 3.54. The molecule has 1 aliphatic rings. The fourth-order valence-electron chi connectivity index (χ4n) is 5.22. The molecule has 210 valence electrons. The third-order valence-corrected chi connectivity index (χ3v) is 7.81. The maximum absolute atomic E-state index is 13.2. The number of carbonyl (C=O) groups excluding carboxylic acids is 2. The fourth-order valence-corrected chi connectivity index (χ4v) is 5.22. The number of benzene rings is 4. The number of aryl methyl sites for hydroxylation is 1. The fraction of sp³-hybridized carbons (Fsp3) is 0.278. The van der Waals surface area contributed by atoms with E-state index in [0.717, 1.165) is 36.1 Å². The van der Waals surface area contributed by atoms with E-state index in [1.807, 2.05) is 85.8 Å². The van der Waals surface area contributed by atoms with Crippen LogP contribution in [0.2, 0.25) is 0 Å². The number of amides is 2. The molecule has 41 heavy (non-hydrogen) atoms. The highest BCUT2D eigenvalue weighted by Gasteiger charge is 2.37. The predicted octanol–water partition coefficient (Wildman–Crippen LogP) is 6.39. The summed E-state index contributed by atoms with van der Waals surface area (Å²) in [6, 6.07) is 36.3. The predicted molar refractivity (Wildman–Crippen MR) is 166 cm³/mol. The molecule has 2 amide bonds. The molecule has 0 heterocycles. The van der Waals surface area contributed by atoms with Gasteiger partial charge in [-0.25, -0.2) is 0 Å². The highest BCUT2D eigenvalue weighted by Crippen LogP contribution is 2.40. The van der Waals surface area contributed by atoms with Crippen molar-refractivity contribution in [2.45, 2.75) is 57.2 Å². The van der Waals surface area contributed by atoms with Crippen molar-refractivity contribution in [3.8, 4) is 11.1 Å². The van der Waals surface area contributed by atoms with Gasteiger partial charge in [-0.2, -0.15) is 0 Å². The Morgan fingerprint density at radius 1 is 0.780 bits per heavy atom. The number of rotatable bonds is 13. The quantitative estimate of drug-likeness (QED) is 0.171. The van der Waals surface area contributed by atoms with Crippen LogP contribution in [0.15, 0.2) is 109 Å². The SMILES string of the molecule is Cc1ccc(CNC(=O)C(CCCCN[C@@H]2C[C@H]2c2ccccc2)NC(=O)c2ccc(-c3ccccc3)cc2)cc1. The molecule has 0 saturated heterocycles. The van der Waals surface area contributed by atoms with Crippen molar-refractivity contribution in [3.05, 3.63) is 131 Å². The lowest BCUT2D eigenvalue weighted by Crippen LogP contribution is -2.46. The van der Waals surface area contributed by atoms with E-state index < -0.39 is 6.04 Å². The molecule has 3 atom stereocenters. The lowest BCUT2D eigenvalue weighted by molar-refractivity contribution is -0.123. The average Bonchev–Trinajstić information content (AvgIpc) is 3.80. The molecule has 0 spiro atoms. The van der Waals surface area contributed by atoms with Crippen LogP contribution in [0.25, 0.3) is 11.1 Å². The minimum atomic E-state index is -0.597. The van der Waals surface area contributed by atoms with E-state index in [9.17, 15) is 9.59 Å². The van der Waals surface area contributed by atoms with Gasteiger partial charge in [0, 0.05) is 24.1 Å². The van der Waals surface area contributed by atoms with Crippen LogP contribution in [0.3, 0.4) is 0 Å². The lowest BCUT2D eigenvalue weighted by Gasteiger charge is -2.19. The number of unbranched alkanes of at least 4 members (excludes halogenated alkanes) is 1. The van der Waals surface area contributed by atoms with E-state index in [4.69, 9.17) is 0 Å². The van der Waals surface area contributed by atoms with Crippen molar-refractivity contribution in [2.75, 3.05) is 6.54 Å². The van der Waals surface area contributed by atoms with Gasteiger partial charge in [-0.1, -0.05) is 103 Å². The Hall–Kier alpha value is -4.22. The summed E-state index contributed by atoms with van der Waals surface area (Å²) >= 11 is 0. The van der Waals surface area contributed by atoms with Gasteiger partial charge in [0.25, 0.3) is 5.91 Å². The van der Waals surface area contributed by atoms with Crippen LogP contribution >= 0.6 is 0 Å². The summed E-state index contributed by atoms with van der Waals surface area (Å²) in [5.74, 6) is 0.213. The second-order valence-corrected chi connectivity index (χ2v) is 11.0. The van der Waals surface area contributed by atoms with Gasteiger partial charge < -0.3 is 16.0 Å². The van der Waals surface area contributed by atoms with E-state index in [0.29, 0.717) is 30.5 Å². The zero-order chi connectivity index (χ0) is 28.4. The first-order valence-electron chi connectivity index (χ1n) is 14.6. The summed E-state index contributed by atoms with van der Waals surface area (Å²) in [4.78, 5) is 26.4. The molecular formula is C36H39N3O2. The largest absolute Gasteiger partial charge is 0.350 e. The Bertz CT molecular complexity index is 1400. The first-order chi connectivity index (χ1) is 20.1. The van der Waals surface area contributed by atoms with E-state index in [2.05, 4.69) is 46.3 Å². The van der Waals surface area contributed by atoms with Crippen LogP contribution in [0.5, 0.6) is 0 Å². The zero-order valence-corrected chi connectivity index (χ0v) is 23.7. The maximum atomic E-state index is 13.2. The average molecular weight is 546 g/mol. The number of hydrogen-bond acceptors (Lipinski definition) is 3. The van der Waals surface area contributed by atoms with Crippen molar-refractivity contribution in [2.24, 2.45) is 0 Å². The van der Waals surface area contributed by atoms with Crippen molar-refractivity contribution in [3.63, 3.8) is 0 Å². The molecule has 5 nitrogen and oxygen atoms in total. The Balaban J connectivity index is 1.14. The van der Waals surface area contributed by atoms with Crippen LogP contribution in [0.1, 0.15) is 58.6 Å². The van der Waals surface area contributed by atoms with Crippen molar-refractivity contribution in [1.82, 2.24) is 16.0 Å². The third-order valence-electron chi connectivity index (χ3n) is 7.81. The van der Waals surface area contributed by atoms with E-state index in [1.54, 1.807) is 0 Å². The Labute approximate surface area is 243 Å². The molecule has 0 aliphatic heterocycles. The van der Waals surface area contributed by atoms with E-state index >= 15 is 0 Å². The molecule has 1 aliphatic carbocycles. The van der Waals surface area contributed by atoms with Gasteiger partial charge >= 0.3 is 0 Å². The van der Waals surface area contributed by atoms with E-state index in [1.165, 1.54) is 17.5 Å². The second kappa shape index (κ2) is 13.9. The monoisotopic (exact) mass is 545 g/mol.